The van der Waals surface area contributed by atoms with E-state index in [2.05, 4.69) is 20.8 Å². The average molecular weight is 298 g/mol. The van der Waals surface area contributed by atoms with Crippen LogP contribution in [-0.2, 0) is 0 Å². The summed E-state index contributed by atoms with van der Waals surface area (Å²) in [6.07, 6.45) is 3.58. The van der Waals surface area contributed by atoms with Gasteiger partial charge in [0.05, 0.1) is 12.1 Å². The molecule has 3 atom stereocenters. The molecular formula is C17H23NaO3. The van der Waals surface area contributed by atoms with E-state index in [-0.39, 0.29) is 46.6 Å². The van der Waals surface area contributed by atoms with Gasteiger partial charge in [-0.1, -0.05) is 51.1 Å². The molecule has 21 heavy (non-hydrogen) atoms. The summed E-state index contributed by atoms with van der Waals surface area (Å²) in [5.41, 5.74) is 0.821. The van der Waals surface area contributed by atoms with Crippen LogP contribution in [-0.4, -0.2) is 17.2 Å². The number of carbonyl (C=O) groups excluding carboxylic acids is 1. The van der Waals surface area contributed by atoms with Gasteiger partial charge in [0.25, 0.3) is 0 Å². The van der Waals surface area contributed by atoms with Gasteiger partial charge in [0.1, 0.15) is 0 Å². The van der Waals surface area contributed by atoms with Crippen molar-refractivity contribution in [3.8, 4) is 0 Å². The summed E-state index contributed by atoms with van der Waals surface area (Å²) >= 11 is 0. The number of hydrogen-bond acceptors (Lipinski definition) is 3. The number of rotatable bonds is 1. The van der Waals surface area contributed by atoms with Gasteiger partial charge in [-0.3, -0.25) is 0 Å². The summed E-state index contributed by atoms with van der Waals surface area (Å²) in [5, 5.41) is 19.9. The zero-order chi connectivity index (χ0) is 15.0. The van der Waals surface area contributed by atoms with Crippen LogP contribution in [0.2, 0.25) is 0 Å². The minimum Gasteiger partial charge on any atom is -0.545 e. The number of carbonyl (C=O) groups is 1. The van der Waals surface area contributed by atoms with Crippen LogP contribution >= 0.6 is 0 Å². The number of hydrogen-bond donors (Lipinski definition) is 1. The molecule has 1 aromatic carbocycles. The molecule has 3 nitrogen and oxygen atoms in total. The summed E-state index contributed by atoms with van der Waals surface area (Å²) in [6.45, 7) is 6.90. The molecule has 0 heterocycles. The van der Waals surface area contributed by atoms with Gasteiger partial charge in [-0.2, -0.15) is 0 Å². The first-order valence-electron chi connectivity index (χ1n) is 7.23. The third-order valence-electron chi connectivity index (χ3n) is 5.76. The van der Waals surface area contributed by atoms with Crippen molar-refractivity contribution in [2.45, 2.75) is 46.1 Å². The number of aromatic carboxylic acids is 1. The maximum absolute atomic E-state index is 10.1. The first-order chi connectivity index (χ1) is 9.29. The third-order valence-corrected chi connectivity index (χ3v) is 5.76. The largest absolute Gasteiger partial charge is 1.00 e. The summed E-state index contributed by atoms with van der Waals surface area (Å²) in [5.74, 6) is -0.349. The standard InChI is InChI=1S/C10H18O.C7H6O2.Na/c1-9(2)7-4-5-10(9,3)8(11)6-7;8-7(9)6-4-2-1-3-5-6;/h7-8,11H,4-6H2,1-3H3;1-5H,(H,8,9);/q;;+1/p-1. The first kappa shape index (κ1) is 18.7. The molecule has 2 fully saturated rings. The van der Waals surface area contributed by atoms with Crippen molar-refractivity contribution in [2.24, 2.45) is 16.7 Å². The van der Waals surface area contributed by atoms with Crippen LogP contribution in [0.3, 0.4) is 0 Å². The molecule has 1 aromatic rings. The van der Waals surface area contributed by atoms with E-state index in [9.17, 15) is 15.0 Å². The quantitative estimate of drug-likeness (QED) is 0.694. The Labute approximate surface area is 149 Å². The number of aliphatic hydroxyl groups is 1. The molecule has 3 unspecified atom stereocenters. The normalized spacial score (nSPS) is 31.8. The van der Waals surface area contributed by atoms with Gasteiger partial charge in [-0.05, 0) is 41.6 Å². The molecule has 0 aliphatic heterocycles. The Hall–Kier alpha value is -0.350. The molecule has 0 saturated heterocycles. The molecule has 110 valence electrons. The molecule has 1 N–H and O–H groups in total. The van der Waals surface area contributed by atoms with Crippen molar-refractivity contribution in [3.05, 3.63) is 35.9 Å². The Kier molecular flexibility index (Phi) is 6.08. The van der Waals surface area contributed by atoms with Crippen LogP contribution in [0.1, 0.15) is 50.4 Å². The zero-order valence-corrected chi connectivity index (χ0v) is 15.4. The van der Waals surface area contributed by atoms with E-state index in [1.54, 1.807) is 18.2 Å². The molecular weight excluding hydrogens is 275 g/mol. The van der Waals surface area contributed by atoms with E-state index in [1.165, 1.54) is 25.0 Å². The fourth-order valence-electron chi connectivity index (χ4n) is 3.74. The van der Waals surface area contributed by atoms with Gasteiger partial charge in [-0.25, -0.2) is 0 Å². The van der Waals surface area contributed by atoms with Gasteiger partial charge in [0.2, 0.25) is 0 Å². The van der Waals surface area contributed by atoms with Gasteiger partial charge in [-0.15, -0.1) is 0 Å². The van der Waals surface area contributed by atoms with E-state index in [4.69, 9.17) is 0 Å². The van der Waals surface area contributed by atoms with E-state index in [0.717, 1.165) is 12.3 Å². The molecule has 2 saturated carbocycles. The van der Waals surface area contributed by atoms with Crippen LogP contribution in [0, 0.1) is 16.7 Å². The maximum atomic E-state index is 10.1. The Morgan fingerprint density at radius 1 is 1.24 bits per heavy atom. The molecule has 0 radical (unpaired) electrons. The molecule has 0 aromatic heterocycles. The summed E-state index contributed by atoms with van der Waals surface area (Å²) in [6, 6.07) is 8.06. The van der Waals surface area contributed by atoms with Crippen molar-refractivity contribution in [1.82, 2.24) is 0 Å². The number of benzene rings is 1. The second-order valence-corrected chi connectivity index (χ2v) is 6.78. The van der Waals surface area contributed by atoms with Crippen molar-refractivity contribution in [2.75, 3.05) is 0 Å². The van der Waals surface area contributed by atoms with Gasteiger partial charge >= 0.3 is 29.6 Å². The van der Waals surface area contributed by atoms with Crippen LogP contribution in [0.15, 0.2) is 30.3 Å². The predicted molar refractivity (Wildman–Crippen MR) is 76.0 cm³/mol. The van der Waals surface area contributed by atoms with E-state index in [0.29, 0.717) is 5.41 Å². The number of aliphatic hydroxyl groups excluding tert-OH is 1. The summed E-state index contributed by atoms with van der Waals surface area (Å²) in [7, 11) is 0. The number of carboxylic acid groups (broad SMARTS) is 1. The fraction of sp³-hybridized carbons (Fsp3) is 0.588. The summed E-state index contributed by atoms with van der Waals surface area (Å²) in [4.78, 5) is 10.1. The molecule has 0 spiro atoms. The van der Waals surface area contributed by atoms with Crippen molar-refractivity contribution >= 4 is 5.97 Å². The molecule has 2 aliphatic carbocycles. The molecule has 2 aliphatic rings. The molecule has 4 heteroatoms. The van der Waals surface area contributed by atoms with E-state index < -0.39 is 5.97 Å². The summed E-state index contributed by atoms with van der Waals surface area (Å²) < 4.78 is 0. The minimum atomic E-state index is -1.13. The van der Waals surface area contributed by atoms with E-state index >= 15 is 0 Å². The number of carboxylic acids is 1. The Morgan fingerprint density at radius 2 is 1.81 bits per heavy atom. The topological polar surface area (TPSA) is 60.4 Å². The molecule has 3 rings (SSSR count). The monoisotopic (exact) mass is 298 g/mol. The van der Waals surface area contributed by atoms with Crippen LogP contribution in [0.25, 0.3) is 0 Å². The second-order valence-electron chi connectivity index (χ2n) is 6.78. The third kappa shape index (κ3) is 3.37. The van der Waals surface area contributed by atoms with Gasteiger partial charge in [0.15, 0.2) is 0 Å². The maximum Gasteiger partial charge on any atom is 1.00 e. The first-order valence-corrected chi connectivity index (χ1v) is 7.23. The average Bonchev–Trinajstić information content (AvgIpc) is 2.73. The van der Waals surface area contributed by atoms with E-state index in [1.807, 2.05) is 0 Å². The van der Waals surface area contributed by atoms with Gasteiger partial charge < -0.3 is 15.0 Å². The SMILES string of the molecule is CC1(C)C2CCC1(C)C(O)C2.O=C([O-])c1ccccc1.[Na+]. The zero-order valence-electron chi connectivity index (χ0n) is 13.4. The Morgan fingerprint density at radius 3 is 2.05 bits per heavy atom. The molecule has 2 bridgehead atoms. The van der Waals surface area contributed by atoms with Crippen LogP contribution < -0.4 is 34.7 Å². The minimum absolute atomic E-state index is 0. The smallest absolute Gasteiger partial charge is 0.545 e. The predicted octanol–water partition coefficient (Wildman–Crippen LogP) is -0.752. The fourth-order valence-corrected chi connectivity index (χ4v) is 3.74. The van der Waals surface area contributed by atoms with Crippen molar-refractivity contribution < 1.29 is 44.6 Å². The Balaban J connectivity index is 0.000000205. The number of fused-ring (bicyclic) bond motifs is 2. The van der Waals surface area contributed by atoms with Crippen LogP contribution in [0.5, 0.6) is 0 Å². The second kappa shape index (κ2) is 6.82. The van der Waals surface area contributed by atoms with Gasteiger partial charge in [0, 0.05) is 0 Å². The van der Waals surface area contributed by atoms with Crippen LogP contribution in [0.4, 0.5) is 0 Å². The Bertz CT molecular complexity index is 486. The van der Waals surface area contributed by atoms with Crippen molar-refractivity contribution in [3.63, 3.8) is 0 Å². The molecule has 0 amide bonds. The van der Waals surface area contributed by atoms with Crippen molar-refractivity contribution in [1.29, 1.82) is 0 Å².